The summed E-state index contributed by atoms with van der Waals surface area (Å²) in [4.78, 5) is 17.3. The molecule has 0 aliphatic heterocycles. The molecule has 0 bridgehead atoms. The maximum Gasteiger partial charge on any atom is 0.244 e. The fraction of sp³-hybridized carbons (Fsp3) is 0.375. The Morgan fingerprint density at radius 1 is 1.55 bits per heavy atom. The van der Waals surface area contributed by atoms with Gasteiger partial charge in [0, 0.05) is 18.0 Å². The quantitative estimate of drug-likeness (QED) is 0.583. The second-order valence-corrected chi connectivity index (χ2v) is 5.09. The molecule has 0 aromatic carbocycles. The summed E-state index contributed by atoms with van der Waals surface area (Å²) in [5.41, 5.74) is 6.46. The highest BCUT2D eigenvalue weighted by molar-refractivity contribution is 5.91. The Labute approximate surface area is 121 Å². The Balaban J connectivity index is 2.88. The van der Waals surface area contributed by atoms with Crippen LogP contribution in [0.25, 0.3) is 0 Å². The molecular weight excluding hydrogens is 250 g/mol. The van der Waals surface area contributed by atoms with E-state index in [4.69, 9.17) is 5.73 Å². The molecule has 0 spiro atoms. The van der Waals surface area contributed by atoms with Crippen molar-refractivity contribution in [3.05, 3.63) is 54.9 Å². The Kier molecular flexibility index (Phi) is 5.65. The molecule has 108 valence electrons. The summed E-state index contributed by atoms with van der Waals surface area (Å²) in [6, 6.07) is 3.96. The van der Waals surface area contributed by atoms with Crippen LogP contribution in [-0.2, 0) is 10.3 Å². The van der Waals surface area contributed by atoms with Gasteiger partial charge in [-0.15, -0.1) is 6.58 Å². The predicted molar refractivity (Wildman–Crippen MR) is 82.0 cm³/mol. The van der Waals surface area contributed by atoms with Crippen molar-refractivity contribution in [2.45, 2.75) is 24.8 Å². The minimum absolute atomic E-state index is 0.299. The molecule has 1 unspecified atom stereocenters. The van der Waals surface area contributed by atoms with Crippen LogP contribution >= 0.6 is 0 Å². The smallest absolute Gasteiger partial charge is 0.244 e. The van der Waals surface area contributed by atoms with Crippen molar-refractivity contribution < 1.29 is 4.79 Å². The lowest BCUT2D eigenvalue weighted by molar-refractivity contribution is -0.114. The number of nitrogens with two attached hydrogens (primary N) is 1. The molecule has 1 amide bonds. The summed E-state index contributed by atoms with van der Waals surface area (Å²) in [6.07, 6.45) is 7.75. The van der Waals surface area contributed by atoms with Crippen molar-refractivity contribution in [1.82, 2.24) is 9.88 Å². The lowest BCUT2D eigenvalue weighted by Crippen LogP contribution is -2.39. The predicted octanol–water partition coefficient (Wildman–Crippen LogP) is 2.24. The maximum atomic E-state index is 11.0. The molecule has 0 saturated carbocycles. The van der Waals surface area contributed by atoms with E-state index in [1.54, 1.807) is 6.20 Å². The van der Waals surface area contributed by atoms with Crippen LogP contribution in [0.15, 0.2) is 49.3 Å². The van der Waals surface area contributed by atoms with Gasteiger partial charge in [0.2, 0.25) is 5.91 Å². The average molecular weight is 273 g/mol. The van der Waals surface area contributed by atoms with E-state index in [0.717, 1.165) is 18.4 Å². The van der Waals surface area contributed by atoms with E-state index in [1.165, 1.54) is 0 Å². The minimum Gasteiger partial charge on any atom is -0.366 e. The van der Waals surface area contributed by atoms with Gasteiger partial charge < -0.3 is 5.73 Å². The third kappa shape index (κ3) is 3.54. The highest BCUT2D eigenvalue weighted by Gasteiger charge is 2.31. The molecular formula is C16H23N3O. The van der Waals surface area contributed by atoms with Crippen LogP contribution < -0.4 is 5.73 Å². The molecule has 1 aromatic heterocycles. The highest BCUT2D eigenvalue weighted by atomic mass is 16.1. The number of hydrogen-bond donors (Lipinski definition) is 1. The number of aromatic nitrogens is 1. The molecule has 0 fully saturated rings. The van der Waals surface area contributed by atoms with Crippen LogP contribution in [0.1, 0.15) is 24.8 Å². The Morgan fingerprint density at radius 2 is 2.25 bits per heavy atom. The first-order valence-electron chi connectivity index (χ1n) is 6.63. The minimum atomic E-state index is -0.430. The SMILES string of the molecule is C=CC(CCCC(=C)C(N)=O)(c1cccnc1)N(C)C. The molecule has 1 aromatic rings. The zero-order valence-corrected chi connectivity index (χ0v) is 12.3. The summed E-state index contributed by atoms with van der Waals surface area (Å²) in [6.45, 7) is 7.67. The van der Waals surface area contributed by atoms with Gasteiger partial charge in [-0.25, -0.2) is 0 Å². The summed E-state index contributed by atoms with van der Waals surface area (Å²) in [7, 11) is 4.02. The first kappa shape index (κ1) is 16.1. The third-order valence-electron chi connectivity index (χ3n) is 3.68. The molecule has 0 radical (unpaired) electrons. The van der Waals surface area contributed by atoms with Gasteiger partial charge >= 0.3 is 0 Å². The summed E-state index contributed by atoms with van der Waals surface area (Å²) >= 11 is 0. The Hall–Kier alpha value is -1.94. The van der Waals surface area contributed by atoms with Crippen LogP contribution in [0.4, 0.5) is 0 Å². The fourth-order valence-corrected chi connectivity index (χ4v) is 2.34. The van der Waals surface area contributed by atoms with Crippen molar-refractivity contribution in [3.8, 4) is 0 Å². The number of nitrogens with zero attached hydrogens (tertiary/aromatic N) is 2. The third-order valence-corrected chi connectivity index (χ3v) is 3.68. The van der Waals surface area contributed by atoms with E-state index in [0.29, 0.717) is 12.0 Å². The fourth-order valence-electron chi connectivity index (χ4n) is 2.34. The molecule has 2 N–H and O–H groups in total. The van der Waals surface area contributed by atoms with Crippen LogP contribution in [0.3, 0.4) is 0 Å². The van der Waals surface area contributed by atoms with Crippen molar-refractivity contribution in [1.29, 1.82) is 0 Å². The standard InChI is InChI=1S/C16H23N3O/c1-5-16(19(3)4,14-9-7-11-18-12-14)10-6-8-13(2)15(17)20/h5,7,9,11-12H,1-2,6,8,10H2,3-4H3,(H2,17,20). The number of amides is 1. The van der Waals surface area contributed by atoms with Gasteiger partial charge in [-0.2, -0.15) is 0 Å². The molecule has 1 atom stereocenters. The van der Waals surface area contributed by atoms with Gasteiger partial charge in [-0.05, 0) is 45.0 Å². The van der Waals surface area contributed by atoms with Gasteiger partial charge in [0.1, 0.15) is 0 Å². The van der Waals surface area contributed by atoms with Crippen molar-refractivity contribution >= 4 is 5.91 Å². The Bertz CT molecular complexity index is 482. The number of rotatable bonds is 8. The highest BCUT2D eigenvalue weighted by Crippen LogP contribution is 2.33. The van der Waals surface area contributed by atoms with E-state index in [1.807, 2.05) is 38.5 Å². The lowest BCUT2D eigenvalue weighted by Gasteiger charge is -2.38. The number of hydrogen-bond acceptors (Lipinski definition) is 3. The first-order chi connectivity index (χ1) is 9.44. The number of carbonyl (C=O) groups is 1. The number of carbonyl (C=O) groups excluding carboxylic acids is 1. The van der Waals surface area contributed by atoms with Crippen molar-refractivity contribution in [2.75, 3.05) is 14.1 Å². The number of primary amides is 1. The normalized spacial score (nSPS) is 13.8. The number of pyridine rings is 1. The Morgan fingerprint density at radius 3 is 2.70 bits per heavy atom. The van der Waals surface area contributed by atoms with Crippen LogP contribution in [0, 0.1) is 0 Å². The zero-order chi connectivity index (χ0) is 15.2. The van der Waals surface area contributed by atoms with Gasteiger partial charge in [-0.1, -0.05) is 18.7 Å². The van der Waals surface area contributed by atoms with Crippen molar-refractivity contribution in [2.24, 2.45) is 5.73 Å². The molecule has 1 heterocycles. The van der Waals surface area contributed by atoms with E-state index in [-0.39, 0.29) is 5.54 Å². The molecule has 4 nitrogen and oxygen atoms in total. The lowest BCUT2D eigenvalue weighted by atomic mass is 9.84. The van der Waals surface area contributed by atoms with Gasteiger partial charge in [0.15, 0.2) is 0 Å². The molecule has 0 saturated heterocycles. The van der Waals surface area contributed by atoms with Crippen molar-refractivity contribution in [3.63, 3.8) is 0 Å². The molecule has 0 aliphatic rings. The summed E-state index contributed by atoms with van der Waals surface area (Å²) in [5, 5.41) is 0. The summed E-state index contributed by atoms with van der Waals surface area (Å²) in [5.74, 6) is -0.430. The van der Waals surface area contributed by atoms with Crippen LogP contribution in [0.2, 0.25) is 0 Å². The summed E-state index contributed by atoms with van der Waals surface area (Å²) < 4.78 is 0. The van der Waals surface area contributed by atoms with E-state index < -0.39 is 5.91 Å². The molecule has 0 aliphatic carbocycles. The molecule has 20 heavy (non-hydrogen) atoms. The van der Waals surface area contributed by atoms with Gasteiger partial charge in [0.05, 0.1) is 5.54 Å². The van der Waals surface area contributed by atoms with Gasteiger partial charge in [-0.3, -0.25) is 14.7 Å². The van der Waals surface area contributed by atoms with E-state index >= 15 is 0 Å². The van der Waals surface area contributed by atoms with Gasteiger partial charge in [0.25, 0.3) is 0 Å². The second kappa shape index (κ2) is 7.01. The monoisotopic (exact) mass is 273 g/mol. The largest absolute Gasteiger partial charge is 0.366 e. The van der Waals surface area contributed by atoms with E-state index in [9.17, 15) is 4.79 Å². The second-order valence-electron chi connectivity index (χ2n) is 5.09. The van der Waals surface area contributed by atoms with Crippen LogP contribution in [-0.4, -0.2) is 29.9 Å². The van der Waals surface area contributed by atoms with Crippen LogP contribution in [0.5, 0.6) is 0 Å². The topological polar surface area (TPSA) is 59.2 Å². The zero-order valence-electron chi connectivity index (χ0n) is 12.3. The maximum absolute atomic E-state index is 11.0. The molecule has 4 heteroatoms. The average Bonchev–Trinajstić information content (AvgIpc) is 2.44. The molecule has 1 rings (SSSR count). The van der Waals surface area contributed by atoms with E-state index in [2.05, 4.69) is 23.0 Å². The number of likely N-dealkylation sites (N-methyl/N-ethyl adjacent to an activating group) is 1. The first-order valence-corrected chi connectivity index (χ1v) is 6.63.